The van der Waals surface area contributed by atoms with Crippen molar-refractivity contribution in [2.75, 3.05) is 31.6 Å². The van der Waals surface area contributed by atoms with Crippen molar-refractivity contribution in [3.8, 4) is 11.5 Å². The molecule has 2 aromatic carbocycles. The number of fused-ring (bicyclic) bond motifs is 1. The Morgan fingerprint density at radius 3 is 2.35 bits per heavy atom. The number of anilines is 1. The number of carbonyl (C=O) groups is 2. The molecule has 0 bridgehead atoms. The fraction of sp³-hybridized carbons (Fsp3) is 0.333. The van der Waals surface area contributed by atoms with E-state index in [9.17, 15) is 9.59 Å². The lowest BCUT2D eigenvalue weighted by Gasteiger charge is -2.19. The Bertz CT molecular complexity index is 1040. The normalized spacial score (nSPS) is 10.7. The maximum atomic E-state index is 12.4. The summed E-state index contributed by atoms with van der Waals surface area (Å²) in [5, 5.41) is 3.80. The van der Waals surface area contributed by atoms with Crippen molar-refractivity contribution in [3.05, 3.63) is 54.7 Å². The highest BCUT2D eigenvalue weighted by atomic mass is 16.5. The average Bonchev–Trinajstić information content (AvgIpc) is 3.16. The molecule has 1 aromatic heterocycles. The lowest BCUT2D eigenvalue weighted by atomic mass is 10.2. The second kappa shape index (κ2) is 10.5. The Morgan fingerprint density at radius 2 is 1.68 bits per heavy atom. The number of amides is 2. The van der Waals surface area contributed by atoms with Crippen LogP contribution in [0.15, 0.2) is 54.7 Å². The zero-order valence-electron chi connectivity index (χ0n) is 18.3. The van der Waals surface area contributed by atoms with Crippen molar-refractivity contribution in [2.45, 2.75) is 27.3 Å². The van der Waals surface area contributed by atoms with E-state index in [1.807, 2.05) is 72.8 Å². The van der Waals surface area contributed by atoms with E-state index in [1.54, 1.807) is 12.1 Å². The Hall–Kier alpha value is -3.48. The molecular weight excluding hydrogens is 394 g/mol. The number of nitrogens with one attached hydrogen (secondary N) is 1. The van der Waals surface area contributed by atoms with Crippen molar-refractivity contribution >= 4 is 28.4 Å². The van der Waals surface area contributed by atoms with Gasteiger partial charge in [-0.2, -0.15) is 0 Å². The summed E-state index contributed by atoms with van der Waals surface area (Å²) in [5.74, 6) is 0.968. The van der Waals surface area contributed by atoms with Crippen LogP contribution < -0.4 is 14.8 Å². The molecule has 0 unspecified atom stereocenters. The van der Waals surface area contributed by atoms with Crippen LogP contribution in [0.4, 0.5) is 5.69 Å². The number of benzene rings is 2. The number of hydrogen-bond acceptors (Lipinski definition) is 4. The standard InChI is InChI=1S/C24H29N3O4/c1-4-26(5-2)24(29)16-27-14-13-18-15-19(11-12-20(18)27)25-23(28)17-31-22-10-8-7-9-21(22)30-6-3/h7-15H,4-6,16-17H2,1-3H3,(H,25,28). The number of carbonyl (C=O) groups excluding carboxylic acids is 2. The zero-order chi connectivity index (χ0) is 22.2. The van der Waals surface area contributed by atoms with Crippen LogP contribution in [-0.2, 0) is 16.1 Å². The summed E-state index contributed by atoms with van der Waals surface area (Å²) in [6.07, 6.45) is 1.89. The molecule has 0 aliphatic rings. The summed E-state index contributed by atoms with van der Waals surface area (Å²) in [6.45, 7) is 7.93. The van der Waals surface area contributed by atoms with E-state index in [1.165, 1.54) is 0 Å². The summed E-state index contributed by atoms with van der Waals surface area (Å²) in [5.41, 5.74) is 1.62. The van der Waals surface area contributed by atoms with Crippen molar-refractivity contribution in [1.29, 1.82) is 0 Å². The number of rotatable bonds is 10. The minimum absolute atomic E-state index is 0.0874. The first-order valence-corrected chi connectivity index (χ1v) is 10.6. The van der Waals surface area contributed by atoms with Gasteiger partial charge in [-0.3, -0.25) is 9.59 Å². The molecule has 0 fully saturated rings. The maximum Gasteiger partial charge on any atom is 0.262 e. The molecular formula is C24H29N3O4. The van der Waals surface area contributed by atoms with Crippen LogP contribution >= 0.6 is 0 Å². The second-order valence-corrected chi connectivity index (χ2v) is 7.00. The third kappa shape index (κ3) is 5.57. The smallest absolute Gasteiger partial charge is 0.262 e. The Kier molecular flexibility index (Phi) is 7.54. The predicted molar refractivity (Wildman–Crippen MR) is 122 cm³/mol. The van der Waals surface area contributed by atoms with Gasteiger partial charge in [0.1, 0.15) is 6.54 Å². The van der Waals surface area contributed by atoms with Crippen LogP contribution in [0.2, 0.25) is 0 Å². The third-order valence-electron chi connectivity index (χ3n) is 4.98. The van der Waals surface area contributed by atoms with Crippen molar-refractivity contribution in [1.82, 2.24) is 9.47 Å². The van der Waals surface area contributed by atoms with Crippen LogP contribution in [0.5, 0.6) is 11.5 Å². The molecule has 0 saturated carbocycles. The molecule has 2 amide bonds. The fourth-order valence-corrected chi connectivity index (χ4v) is 3.42. The number of para-hydroxylation sites is 2. The van der Waals surface area contributed by atoms with E-state index >= 15 is 0 Å². The number of aromatic nitrogens is 1. The molecule has 0 spiro atoms. The molecule has 0 saturated heterocycles. The molecule has 31 heavy (non-hydrogen) atoms. The van der Waals surface area contributed by atoms with Crippen molar-refractivity contribution in [2.24, 2.45) is 0 Å². The van der Waals surface area contributed by atoms with Crippen molar-refractivity contribution in [3.63, 3.8) is 0 Å². The van der Waals surface area contributed by atoms with Gasteiger partial charge in [-0.1, -0.05) is 12.1 Å². The minimum atomic E-state index is -0.262. The molecule has 7 nitrogen and oxygen atoms in total. The Labute approximate surface area is 182 Å². The SMILES string of the molecule is CCOc1ccccc1OCC(=O)Nc1ccc2c(ccn2CC(=O)N(CC)CC)c1. The molecule has 164 valence electrons. The van der Waals surface area contributed by atoms with Crippen LogP contribution in [-0.4, -0.2) is 47.6 Å². The van der Waals surface area contributed by atoms with E-state index < -0.39 is 0 Å². The van der Waals surface area contributed by atoms with Gasteiger partial charge in [-0.15, -0.1) is 0 Å². The third-order valence-corrected chi connectivity index (χ3v) is 4.98. The predicted octanol–water partition coefficient (Wildman–Crippen LogP) is 3.93. The molecule has 3 aromatic rings. The van der Waals surface area contributed by atoms with Crippen LogP contribution in [0.1, 0.15) is 20.8 Å². The summed E-state index contributed by atoms with van der Waals surface area (Å²) < 4.78 is 13.1. The number of hydrogen-bond donors (Lipinski definition) is 1. The van der Waals surface area contributed by atoms with E-state index in [4.69, 9.17) is 9.47 Å². The highest BCUT2D eigenvalue weighted by Crippen LogP contribution is 2.26. The van der Waals surface area contributed by atoms with Crippen LogP contribution in [0.3, 0.4) is 0 Å². The molecule has 7 heteroatoms. The van der Waals surface area contributed by atoms with Gasteiger partial charge in [-0.25, -0.2) is 0 Å². The molecule has 0 radical (unpaired) electrons. The lowest BCUT2D eigenvalue weighted by Crippen LogP contribution is -2.33. The molecule has 3 rings (SSSR count). The van der Waals surface area contributed by atoms with Gasteiger partial charge in [-0.05, 0) is 57.2 Å². The highest BCUT2D eigenvalue weighted by Gasteiger charge is 2.13. The largest absolute Gasteiger partial charge is 0.490 e. The van der Waals surface area contributed by atoms with E-state index in [0.29, 0.717) is 43.4 Å². The molecule has 0 aliphatic heterocycles. The van der Waals surface area contributed by atoms with Gasteiger partial charge in [0.05, 0.1) is 6.61 Å². The van der Waals surface area contributed by atoms with E-state index in [-0.39, 0.29) is 18.4 Å². The lowest BCUT2D eigenvalue weighted by molar-refractivity contribution is -0.131. The first kappa shape index (κ1) is 22.2. The minimum Gasteiger partial charge on any atom is -0.490 e. The summed E-state index contributed by atoms with van der Waals surface area (Å²) in [7, 11) is 0. The highest BCUT2D eigenvalue weighted by molar-refractivity contribution is 5.95. The van der Waals surface area contributed by atoms with Gasteiger partial charge in [0.25, 0.3) is 5.91 Å². The maximum absolute atomic E-state index is 12.4. The molecule has 1 N–H and O–H groups in total. The monoisotopic (exact) mass is 423 g/mol. The first-order valence-electron chi connectivity index (χ1n) is 10.6. The van der Waals surface area contributed by atoms with Crippen LogP contribution in [0, 0.1) is 0 Å². The second-order valence-electron chi connectivity index (χ2n) is 7.00. The molecule has 0 aliphatic carbocycles. The zero-order valence-corrected chi connectivity index (χ0v) is 18.3. The average molecular weight is 424 g/mol. The van der Waals surface area contributed by atoms with Gasteiger partial charge in [0.15, 0.2) is 18.1 Å². The first-order chi connectivity index (χ1) is 15.0. The Balaban J connectivity index is 1.62. The van der Waals surface area contributed by atoms with Crippen LogP contribution in [0.25, 0.3) is 10.9 Å². The number of nitrogens with zero attached hydrogens (tertiary/aromatic N) is 2. The van der Waals surface area contributed by atoms with E-state index in [0.717, 1.165) is 10.9 Å². The molecule has 0 atom stereocenters. The van der Waals surface area contributed by atoms with Gasteiger partial charge in [0, 0.05) is 35.9 Å². The van der Waals surface area contributed by atoms with E-state index in [2.05, 4.69) is 5.32 Å². The van der Waals surface area contributed by atoms with Gasteiger partial charge < -0.3 is 24.3 Å². The Morgan fingerprint density at radius 1 is 0.968 bits per heavy atom. The molecule has 1 heterocycles. The fourth-order valence-electron chi connectivity index (χ4n) is 3.42. The summed E-state index contributed by atoms with van der Waals surface area (Å²) >= 11 is 0. The quantitative estimate of drug-likeness (QED) is 0.536. The van der Waals surface area contributed by atoms with Gasteiger partial charge >= 0.3 is 0 Å². The summed E-state index contributed by atoms with van der Waals surface area (Å²) in [6, 6.07) is 14.8. The van der Waals surface area contributed by atoms with Crippen molar-refractivity contribution < 1.29 is 19.1 Å². The summed E-state index contributed by atoms with van der Waals surface area (Å²) in [4.78, 5) is 26.6. The number of likely N-dealkylation sites (N-methyl/N-ethyl adjacent to an activating group) is 1. The topological polar surface area (TPSA) is 72.8 Å². The number of ether oxygens (including phenoxy) is 2. The van der Waals surface area contributed by atoms with Gasteiger partial charge in [0.2, 0.25) is 5.91 Å².